The number of rotatable bonds is 8. The van der Waals surface area contributed by atoms with E-state index in [0.29, 0.717) is 28.8 Å². The number of hydrogen-bond donors (Lipinski definition) is 2. The Morgan fingerprint density at radius 3 is 2.48 bits per heavy atom. The molecule has 1 aromatic heterocycles. The minimum Gasteiger partial charge on any atom is -0.378 e. The molecule has 0 aliphatic carbocycles. The quantitative estimate of drug-likeness (QED) is 0.568. The number of imidazole rings is 1. The van der Waals surface area contributed by atoms with Crippen molar-refractivity contribution in [3.63, 3.8) is 0 Å². The first-order chi connectivity index (χ1) is 13.9. The van der Waals surface area contributed by atoms with Crippen LogP contribution in [-0.2, 0) is 11.3 Å². The second-order valence-electron chi connectivity index (χ2n) is 6.84. The van der Waals surface area contributed by atoms with Gasteiger partial charge in [0.25, 0.3) is 5.91 Å². The van der Waals surface area contributed by atoms with E-state index >= 15 is 0 Å². The number of primary amides is 1. The number of amides is 2. The summed E-state index contributed by atoms with van der Waals surface area (Å²) >= 11 is 0. The van der Waals surface area contributed by atoms with Gasteiger partial charge in [-0.3, -0.25) is 14.4 Å². The number of benzene rings is 2. The highest BCUT2D eigenvalue weighted by Gasteiger charge is 2.17. The molecule has 3 rings (SSSR count). The third kappa shape index (κ3) is 4.60. The first-order valence-corrected chi connectivity index (χ1v) is 9.19. The molecule has 150 valence electrons. The van der Waals surface area contributed by atoms with Crippen LogP contribution in [0.5, 0.6) is 0 Å². The van der Waals surface area contributed by atoms with E-state index in [2.05, 4.69) is 10.3 Å². The summed E-state index contributed by atoms with van der Waals surface area (Å²) in [6.45, 7) is 0.432. The molecule has 0 spiro atoms. The highest BCUT2D eigenvalue weighted by Crippen LogP contribution is 2.21. The third-order valence-corrected chi connectivity index (χ3v) is 4.57. The highest BCUT2D eigenvalue weighted by molar-refractivity contribution is 5.99. The Morgan fingerprint density at radius 2 is 1.83 bits per heavy atom. The summed E-state index contributed by atoms with van der Waals surface area (Å²) in [5, 5.41) is 3.08. The number of fused-ring (bicyclic) bond motifs is 1. The maximum Gasteiger partial charge on any atom is 0.284 e. The normalized spacial score (nSPS) is 10.7. The van der Waals surface area contributed by atoms with Crippen molar-refractivity contribution in [2.24, 2.45) is 5.73 Å². The molecule has 0 bridgehead atoms. The van der Waals surface area contributed by atoms with Crippen LogP contribution in [0.25, 0.3) is 11.0 Å². The third-order valence-electron chi connectivity index (χ3n) is 4.57. The summed E-state index contributed by atoms with van der Waals surface area (Å²) in [7, 11) is 3.36. The zero-order chi connectivity index (χ0) is 21.0. The summed E-state index contributed by atoms with van der Waals surface area (Å²) < 4.78 is 1.65. The lowest BCUT2D eigenvalue weighted by molar-refractivity contribution is -0.128. The van der Waals surface area contributed by atoms with Gasteiger partial charge in [0, 0.05) is 38.3 Å². The maximum absolute atomic E-state index is 12.3. The minimum absolute atomic E-state index is 0.0313. The molecular weight excluding hydrogens is 370 g/mol. The van der Waals surface area contributed by atoms with Crippen molar-refractivity contribution < 1.29 is 14.4 Å². The predicted octanol–water partition coefficient (Wildman–Crippen LogP) is 1.91. The summed E-state index contributed by atoms with van der Waals surface area (Å²) in [6, 6.07) is 14.4. The second kappa shape index (κ2) is 8.55. The van der Waals surface area contributed by atoms with Crippen LogP contribution in [0.15, 0.2) is 48.5 Å². The van der Waals surface area contributed by atoms with Crippen LogP contribution in [-0.4, -0.2) is 52.7 Å². The lowest BCUT2D eigenvalue weighted by Gasteiger charge is -2.12. The van der Waals surface area contributed by atoms with E-state index in [9.17, 15) is 14.4 Å². The van der Waals surface area contributed by atoms with Crippen molar-refractivity contribution in [3.05, 3.63) is 59.9 Å². The van der Waals surface area contributed by atoms with Gasteiger partial charge >= 0.3 is 0 Å². The number of carbonyl (C=O) groups excluding carboxylic acids is 3. The molecule has 0 aliphatic rings. The van der Waals surface area contributed by atoms with E-state index in [0.717, 1.165) is 0 Å². The smallest absolute Gasteiger partial charge is 0.284 e. The van der Waals surface area contributed by atoms with E-state index in [4.69, 9.17) is 5.73 Å². The fourth-order valence-electron chi connectivity index (χ4n) is 2.99. The van der Waals surface area contributed by atoms with Crippen LogP contribution in [0.4, 0.5) is 5.69 Å². The monoisotopic (exact) mass is 393 g/mol. The molecule has 2 amide bonds. The Bertz CT molecular complexity index is 1060. The lowest BCUT2D eigenvalue weighted by Crippen LogP contribution is -2.24. The molecule has 0 saturated heterocycles. The van der Waals surface area contributed by atoms with Crippen molar-refractivity contribution in [1.82, 2.24) is 14.5 Å². The fourth-order valence-corrected chi connectivity index (χ4v) is 2.99. The molecule has 0 aliphatic heterocycles. The molecule has 2 aromatic carbocycles. The van der Waals surface area contributed by atoms with Gasteiger partial charge in [0.05, 0.1) is 17.6 Å². The van der Waals surface area contributed by atoms with Crippen LogP contribution in [0.2, 0.25) is 0 Å². The van der Waals surface area contributed by atoms with Crippen LogP contribution >= 0.6 is 0 Å². The van der Waals surface area contributed by atoms with E-state index in [-0.39, 0.29) is 30.5 Å². The van der Waals surface area contributed by atoms with Crippen LogP contribution < -0.4 is 11.1 Å². The molecule has 0 radical (unpaired) electrons. The molecule has 0 fully saturated rings. The average Bonchev–Trinajstić information content (AvgIpc) is 3.08. The van der Waals surface area contributed by atoms with Gasteiger partial charge in [0.1, 0.15) is 0 Å². The predicted molar refractivity (Wildman–Crippen MR) is 111 cm³/mol. The number of carbonyl (C=O) groups is 3. The number of aryl methyl sites for hydroxylation is 1. The molecule has 8 nitrogen and oxygen atoms in total. The highest BCUT2D eigenvalue weighted by atomic mass is 16.2. The topological polar surface area (TPSA) is 110 Å². The molecule has 0 unspecified atom stereocenters. The van der Waals surface area contributed by atoms with E-state index in [1.54, 1.807) is 49.0 Å². The Labute approximate surface area is 168 Å². The average molecular weight is 393 g/mol. The Morgan fingerprint density at radius 1 is 1.10 bits per heavy atom. The van der Waals surface area contributed by atoms with Crippen molar-refractivity contribution in [2.75, 3.05) is 26.0 Å². The summed E-state index contributed by atoms with van der Waals surface area (Å²) in [5.74, 6) is -0.646. The number of Topliss-reactive ketones (excluding diaryl/α,β-unsaturated/α-hetero) is 1. The van der Waals surface area contributed by atoms with Crippen LogP contribution in [0.3, 0.4) is 0 Å². The van der Waals surface area contributed by atoms with Gasteiger partial charge in [-0.05, 0) is 18.2 Å². The standard InChI is InChI=1S/C21H23N5O3/c1-25(2)19(28)10-11-26-17-9-8-15(12-16(17)24-21(26)20(22)29)23-13-18(27)14-6-4-3-5-7-14/h3-9,12,23H,10-11,13H2,1-2H3,(H2,22,29). The number of anilines is 1. The first kappa shape index (κ1) is 20.1. The van der Waals surface area contributed by atoms with Gasteiger partial charge in [0.15, 0.2) is 11.6 Å². The number of aromatic nitrogens is 2. The maximum atomic E-state index is 12.3. The van der Waals surface area contributed by atoms with Gasteiger partial charge in [-0.2, -0.15) is 0 Å². The largest absolute Gasteiger partial charge is 0.378 e. The number of ketones is 1. The Hall–Kier alpha value is -3.68. The van der Waals surface area contributed by atoms with Gasteiger partial charge < -0.3 is 20.5 Å². The molecule has 8 heteroatoms. The first-order valence-electron chi connectivity index (χ1n) is 9.19. The summed E-state index contributed by atoms with van der Waals surface area (Å²) in [5.41, 5.74) is 8.06. The van der Waals surface area contributed by atoms with Gasteiger partial charge in [-0.25, -0.2) is 4.98 Å². The van der Waals surface area contributed by atoms with Crippen molar-refractivity contribution in [3.8, 4) is 0 Å². The van der Waals surface area contributed by atoms with Gasteiger partial charge in [-0.1, -0.05) is 30.3 Å². The van der Waals surface area contributed by atoms with E-state index in [1.165, 1.54) is 4.90 Å². The fraction of sp³-hybridized carbons (Fsp3) is 0.238. The molecule has 29 heavy (non-hydrogen) atoms. The SMILES string of the molecule is CN(C)C(=O)CCn1c(C(N)=O)nc2cc(NCC(=O)c3ccccc3)ccc21. The zero-order valence-corrected chi connectivity index (χ0v) is 16.4. The Balaban J connectivity index is 1.80. The summed E-state index contributed by atoms with van der Waals surface area (Å²) in [6.07, 6.45) is 0.227. The van der Waals surface area contributed by atoms with Crippen LogP contribution in [0.1, 0.15) is 27.4 Å². The lowest BCUT2D eigenvalue weighted by atomic mass is 10.1. The summed E-state index contributed by atoms with van der Waals surface area (Å²) in [4.78, 5) is 41.8. The number of nitrogens with zero attached hydrogens (tertiary/aromatic N) is 3. The van der Waals surface area contributed by atoms with Crippen molar-refractivity contribution >= 4 is 34.3 Å². The molecule has 0 saturated carbocycles. The molecule has 3 aromatic rings. The van der Waals surface area contributed by atoms with E-state index in [1.807, 2.05) is 18.2 Å². The zero-order valence-electron chi connectivity index (χ0n) is 16.4. The molecule has 3 N–H and O–H groups in total. The van der Waals surface area contributed by atoms with Gasteiger partial charge in [0.2, 0.25) is 5.91 Å². The Kier molecular flexibility index (Phi) is 5.92. The number of hydrogen-bond acceptors (Lipinski definition) is 5. The van der Waals surface area contributed by atoms with Crippen molar-refractivity contribution in [2.45, 2.75) is 13.0 Å². The number of nitrogens with one attached hydrogen (secondary N) is 1. The van der Waals surface area contributed by atoms with Gasteiger partial charge in [-0.15, -0.1) is 0 Å². The number of nitrogens with two attached hydrogens (primary N) is 1. The molecule has 1 heterocycles. The molecule has 0 atom stereocenters. The minimum atomic E-state index is -0.660. The van der Waals surface area contributed by atoms with E-state index < -0.39 is 5.91 Å². The molecular formula is C21H23N5O3. The van der Waals surface area contributed by atoms with Crippen LogP contribution in [0, 0.1) is 0 Å². The van der Waals surface area contributed by atoms with Crippen molar-refractivity contribution in [1.29, 1.82) is 0 Å². The second-order valence-corrected chi connectivity index (χ2v) is 6.84.